The number of hydrogen-bond donors (Lipinski definition) is 1. The second-order valence-electron chi connectivity index (χ2n) is 5.79. The molecule has 28 heavy (non-hydrogen) atoms. The molecule has 146 valence electrons. The van der Waals surface area contributed by atoms with Gasteiger partial charge >= 0.3 is 0 Å². The van der Waals surface area contributed by atoms with Crippen LogP contribution >= 0.6 is 23.1 Å². The average Bonchev–Trinajstić information content (AvgIpc) is 3.17. The van der Waals surface area contributed by atoms with Crippen molar-refractivity contribution in [3.8, 4) is 11.5 Å². The fraction of sp³-hybridized carbons (Fsp3) is 0.250. The number of carbonyl (C=O) groups excluding carboxylic acids is 1. The molecule has 0 saturated heterocycles. The van der Waals surface area contributed by atoms with Gasteiger partial charge in [0.15, 0.2) is 4.34 Å². The number of carbonyl (C=O) groups is 1. The maximum Gasteiger partial charge on any atom is 0.233 e. The van der Waals surface area contributed by atoms with Crippen LogP contribution in [0, 0.1) is 0 Å². The summed E-state index contributed by atoms with van der Waals surface area (Å²) in [6.45, 7) is 5.41. The molecule has 6 nitrogen and oxygen atoms in total. The first-order valence-corrected chi connectivity index (χ1v) is 10.8. The van der Waals surface area contributed by atoms with E-state index in [0.717, 1.165) is 34.6 Å². The number of hydrogen-bond acceptors (Lipinski definition) is 7. The zero-order valence-electron chi connectivity index (χ0n) is 15.8. The Morgan fingerprint density at radius 2 is 1.71 bits per heavy atom. The van der Waals surface area contributed by atoms with Crippen molar-refractivity contribution in [2.75, 3.05) is 24.2 Å². The van der Waals surface area contributed by atoms with Gasteiger partial charge in [-0.05, 0) is 50.2 Å². The summed E-state index contributed by atoms with van der Waals surface area (Å²) in [6.07, 6.45) is 0. The van der Waals surface area contributed by atoms with Crippen LogP contribution in [0.3, 0.4) is 0 Å². The molecule has 1 N–H and O–H groups in total. The van der Waals surface area contributed by atoms with E-state index in [9.17, 15) is 4.79 Å². The van der Waals surface area contributed by atoms with Gasteiger partial charge in [0.25, 0.3) is 0 Å². The van der Waals surface area contributed by atoms with E-state index in [1.807, 2.05) is 73.3 Å². The van der Waals surface area contributed by atoms with Gasteiger partial charge in [-0.25, -0.2) is 0 Å². The Bertz CT molecular complexity index is 881. The lowest BCUT2D eigenvalue weighted by molar-refractivity contribution is -0.127. The van der Waals surface area contributed by atoms with Crippen LogP contribution in [0.1, 0.15) is 13.8 Å². The van der Waals surface area contributed by atoms with Crippen LogP contribution < -0.4 is 10.1 Å². The summed E-state index contributed by atoms with van der Waals surface area (Å²) in [7, 11) is 0. The van der Waals surface area contributed by atoms with Crippen molar-refractivity contribution in [3.63, 3.8) is 0 Å². The van der Waals surface area contributed by atoms with Gasteiger partial charge in [-0.1, -0.05) is 41.3 Å². The number of aromatic nitrogens is 2. The fourth-order valence-corrected chi connectivity index (χ4v) is 4.14. The second kappa shape index (κ2) is 10.1. The largest absolute Gasteiger partial charge is 0.457 e. The van der Waals surface area contributed by atoms with E-state index < -0.39 is 0 Å². The summed E-state index contributed by atoms with van der Waals surface area (Å²) >= 11 is 2.85. The highest BCUT2D eigenvalue weighted by molar-refractivity contribution is 8.01. The molecule has 1 amide bonds. The highest BCUT2D eigenvalue weighted by Crippen LogP contribution is 2.29. The van der Waals surface area contributed by atoms with E-state index in [1.54, 1.807) is 0 Å². The van der Waals surface area contributed by atoms with Crippen LogP contribution in [0.2, 0.25) is 0 Å². The minimum absolute atomic E-state index is 0.119. The van der Waals surface area contributed by atoms with Crippen LogP contribution in [0.5, 0.6) is 11.5 Å². The van der Waals surface area contributed by atoms with E-state index in [4.69, 9.17) is 4.74 Å². The van der Waals surface area contributed by atoms with E-state index in [1.165, 1.54) is 23.1 Å². The quantitative estimate of drug-likeness (QED) is 0.495. The van der Waals surface area contributed by atoms with Gasteiger partial charge in [-0.3, -0.25) is 4.79 Å². The number of nitrogens with zero attached hydrogens (tertiary/aromatic N) is 3. The normalized spacial score (nSPS) is 10.5. The Morgan fingerprint density at radius 3 is 2.39 bits per heavy atom. The average molecular weight is 415 g/mol. The Labute approximate surface area is 172 Å². The minimum atomic E-state index is 0.119. The summed E-state index contributed by atoms with van der Waals surface area (Å²) in [5, 5.41) is 12.2. The zero-order valence-corrected chi connectivity index (χ0v) is 17.4. The molecular formula is C20H22N4O2S2. The molecular weight excluding hydrogens is 392 g/mol. The fourth-order valence-electron chi connectivity index (χ4n) is 2.46. The topological polar surface area (TPSA) is 67.4 Å². The number of rotatable bonds is 9. The molecule has 1 aromatic heterocycles. The molecule has 0 aliphatic heterocycles. The number of benzene rings is 2. The van der Waals surface area contributed by atoms with Crippen molar-refractivity contribution in [3.05, 3.63) is 54.6 Å². The molecule has 0 unspecified atom stereocenters. The summed E-state index contributed by atoms with van der Waals surface area (Å²) < 4.78 is 6.56. The number of amides is 1. The molecule has 8 heteroatoms. The van der Waals surface area contributed by atoms with Crippen molar-refractivity contribution in [1.29, 1.82) is 0 Å². The first-order valence-electron chi connectivity index (χ1n) is 9.02. The number of ether oxygens (including phenoxy) is 1. The van der Waals surface area contributed by atoms with Crippen molar-refractivity contribution in [2.24, 2.45) is 0 Å². The molecule has 0 aliphatic carbocycles. The van der Waals surface area contributed by atoms with Gasteiger partial charge < -0.3 is 15.0 Å². The van der Waals surface area contributed by atoms with Crippen molar-refractivity contribution >= 4 is 39.8 Å². The van der Waals surface area contributed by atoms with E-state index in [-0.39, 0.29) is 5.91 Å². The van der Waals surface area contributed by atoms with Gasteiger partial charge in [0, 0.05) is 18.8 Å². The number of thioether (sulfide) groups is 1. The molecule has 0 radical (unpaired) electrons. The summed E-state index contributed by atoms with van der Waals surface area (Å²) in [5.41, 5.74) is 0.896. The molecule has 3 rings (SSSR count). The van der Waals surface area contributed by atoms with Crippen LogP contribution in [0.25, 0.3) is 0 Å². The lowest BCUT2D eigenvalue weighted by Gasteiger charge is -2.17. The molecule has 0 aliphatic rings. The zero-order chi connectivity index (χ0) is 19.8. The van der Waals surface area contributed by atoms with Gasteiger partial charge in [0.05, 0.1) is 5.75 Å². The number of para-hydroxylation sites is 1. The van der Waals surface area contributed by atoms with Crippen LogP contribution in [-0.4, -0.2) is 39.8 Å². The number of nitrogens with one attached hydrogen (secondary N) is 1. The maximum absolute atomic E-state index is 12.1. The second-order valence-corrected chi connectivity index (χ2v) is 7.99. The molecule has 1 heterocycles. The van der Waals surface area contributed by atoms with Gasteiger partial charge in [0.1, 0.15) is 11.5 Å². The SMILES string of the molecule is CCN(CC)C(=O)CSc1nnc(Nc2ccc(Oc3ccccc3)cc2)s1. The lowest BCUT2D eigenvalue weighted by atomic mass is 10.3. The first-order chi connectivity index (χ1) is 13.7. The maximum atomic E-state index is 12.1. The Balaban J connectivity index is 1.52. The van der Waals surface area contributed by atoms with Crippen LogP contribution in [-0.2, 0) is 4.79 Å². The molecule has 0 fully saturated rings. The first kappa shape index (κ1) is 20.2. The molecule has 0 spiro atoms. The third-order valence-electron chi connectivity index (χ3n) is 3.93. The summed E-state index contributed by atoms with van der Waals surface area (Å²) in [6, 6.07) is 17.3. The number of anilines is 2. The lowest BCUT2D eigenvalue weighted by Crippen LogP contribution is -2.31. The van der Waals surface area contributed by atoms with Gasteiger partial charge in [-0.15, -0.1) is 10.2 Å². The van der Waals surface area contributed by atoms with E-state index in [2.05, 4.69) is 15.5 Å². The molecule has 0 bridgehead atoms. The third kappa shape index (κ3) is 5.71. The highest BCUT2D eigenvalue weighted by atomic mass is 32.2. The van der Waals surface area contributed by atoms with E-state index in [0.29, 0.717) is 10.9 Å². The van der Waals surface area contributed by atoms with Crippen LogP contribution in [0.4, 0.5) is 10.8 Å². The molecule has 0 saturated carbocycles. The summed E-state index contributed by atoms with van der Waals surface area (Å²) in [4.78, 5) is 13.9. The Kier molecular flexibility index (Phi) is 7.27. The van der Waals surface area contributed by atoms with Crippen LogP contribution in [0.15, 0.2) is 58.9 Å². The van der Waals surface area contributed by atoms with E-state index >= 15 is 0 Å². The van der Waals surface area contributed by atoms with Gasteiger partial charge in [-0.2, -0.15) is 0 Å². The highest BCUT2D eigenvalue weighted by Gasteiger charge is 2.12. The van der Waals surface area contributed by atoms with Gasteiger partial charge in [0.2, 0.25) is 11.0 Å². The molecule has 0 atom stereocenters. The summed E-state index contributed by atoms with van der Waals surface area (Å²) in [5.74, 6) is 2.06. The van der Waals surface area contributed by atoms with Crippen molar-refractivity contribution in [1.82, 2.24) is 15.1 Å². The predicted molar refractivity (Wildman–Crippen MR) is 115 cm³/mol. The monoisotopic (exact) mass is 414 g/mol. The Hall–Kier alpha value is -2.58. The third-order valence-corrected chi connectivity index (χ3v) is 5.88. The molecule has 3 aromatic rings. The van der Waals surface area contributed by atoms with Crippen molar-refractivity contribution in [2.45, 2.75) is 18.2 Å². The smallest absolute Gasteiger partial charge is 0.233 e. The Morgan fingerprint density at radius 1 is 1.04 bits per heavy atom. The standard InChI is InChI=1S/C20H22N4O2S2/c1-3-24(4-2)18(25)14-27-20-23-22-19(28-20)21-15-10-12-17(13-11-15)26-16-8-6-5-7-9-16/h5-13H,3-4,14H2,1-2H3,(H,21,22). The molecule has 2 aromatic carbocycles. The van der Waals surface area contributed by atoms with Crippen molar-refractivity contribution < 1.29 is 9.53 Å². The minimum Gasteiger partial charge on any atom is -0.457 e. The predicted octanol–water partition coefficient (Wildman–Crippen LogP) is 5.03.